The Morgan fingerprint density at radius 2 is 1.34 bits per heavy atom. The van der Waals surface area contributed by atoms with Gasteiger partial charge in [0.1, 0.15) is 11.5 Å². The summed E-state index contributed by atoms with van der Waals surface area (Å²) in [6.07, 6.45) is 2.07. The Morgan fingerprint density at radius 3 is 1.87 bits per heavy atom. The lowest BCUT2D eigenvalue weighted by Gasteiger charge is -2.26. The van der Waals surface area contributed by atoms with Gasteiger partial charge in [-0.2, -0.15) is 0 Å². The number of hydrogen-bond donors (Lipinski definition) is 0. The SMILES string of the molecule is CCC(=C(c1ccc(N(CCN(CC)CC)S(C)(=O)=O)cc1)c1cccc(OC)c1)c1ccc(OC)cc1. The number of anilines is 1. The zero-order valence-corrected chi connectivity index (χ0v) is 24.2. The number of ether oxygens (including phenoxy) is 2. The summed E-state index contributed by atoms with van der Waals surface area (Å²) in [5.41, 5.74) is 6.06. The number of nitrogens with zero attached hydrogens (tertiary/aromatic N) is 2. The third-order valence-electron chi connectivity index (χ3n) is 6.81. The number of methoxy groups -OCH3 is 2. The van der Waals surface area contributed by atoms with Crippen LogP contribution >= 0.6 is 0 Å². The molecule has 0 saturated carbocycles. The molecule has 204 valence electrons. The molecule has 0 aromatic heterocycles. The fraction of sp³-hybridized carbons (Fsp3) is 0.355. The Balaban J connectivity index is 2.12. The highest BCUT2D eigenvalue weighted by Gasteiger charge is 2.20. The fourth-order valence-electron chi connectivity index (χ4n) is 4.66. The molecule has 0 heterocycles. The Labute approximate surface area is 228 Å². The van der Waals surface area contributed by atoms with E-state index in [0.717, 1.165) is 53.3 Å². The molecule has 0 N–H and O–H groups in total. The zero-order valence-electron chi connectivity index (χ0n) is 23.4. The van der Waals surface area contributed by atoms with Crippen molar-refractivity contribution >= 4 is 26.9 Å². The van der Waals surface area contributed by atoms with E-state index in [9.17, 15) is 8.42 Å². The van der Waals surface area contributed by atoms with Gasteiger partial charge in [-0.15, -0.1) is 0 Å². The van der Waals surface area contributed by atoms with Crippen LogP contribution in [0.15, 0.2) is 72.8 Å². The molecule has 0 amide bonds. The first-order valence-corrected chi connectivity index (χ1v) is 14.9. The van der Waals surface area contributed by atoms with Crippen LogP contribution < -0.4 is 13.8 Å². The molecule has 3 rings (SSSR count). The van der Waals surface area contributed by atoms with Crippen molar-refractivity contribution in [3.05, 3.63) is 89.5 Å². The molecule has 0 saturated heterocycles. The van der Waals surface area contributed by atoms with Crippen molar-refractivity contribution in [3.63, 3.8) is 0 Å². The Hall–Kier alpha value is -3.29. The molecule has 0 radical (unpaired) electrons. The Bertz CT molecular complexity index is 1310. The summed E-state index contributed by atoms with van der Waals surface area (Å²) < 4.78 is 37.8. The first-order chi connectivity index (χ1) is 18.2. The van der Waals surface area contributed by atoms with Crippen LogP contribution in [0.2, 0.25) is 0 Å². The van der Waals surface area contributed by atoms with Crippen LogP contribution in [-0.2, 0) is 10.0 Å². The maximum Gasteiger partial charge on any atom is 0.232 e. The van der Waals surface area contributed by atoms with E-state index >= 15 is 0 Å². The summed E-state index contributed by atoms with van der Waals surface area (Å²) in [4.78, 5) is 2.22. The zero-order chi connectivity index (χ0) is 27.7. The molecule has 6 nitrogen and oxygen atoms in total. The average Bonchev–Trinajstić information content (AvgIpc) is 2.94. The number of allylic oxidation sites excluding steroid dienone is 1. The van der Waals surface area contributed by atoms with Crippen molar-refractivity contribution in [1.82, 2.24) is 4.90 Å². The predicted molar refractivity (Wildman–Crippen MR) is 159 cm³/mol. The Kier molecular flexibility index (Phi) is 10.4. The van der Waals surface area contributed by atoms with E-state index in [1.165, 1.54) is 16.1 Å². The van der Waals surface area contributed by atoms with Crippen molar-refractivity contribution in [2.24, 2.45) is 0 Å². The summed E-state index contributed by atoms with van der Waals surface area (Å²) in [5, 5.41) is 0. The molecule has 0 aliphatic heterocycles. The minimum atomic E-state index is -3.43. The molecular formula is C31H40N2O4S. The summed E-state index contributed by atoms with van der Waals surface area (Å²) >= 11 is 0. The van der Waals surface area contributed by atoms with E-state index < -0.39 is 10.0 Å². The smallest absolute Gasteiger partial charge is 0.232 e. The van der Waals surface area contributed by atoms with Crippen molar-refractivity contribution in [2.45, 2.75) is 27.2 Å². The van der Waals surface area contributed by atoms with Gasteiger partial charge in [0.25, 0.3) is 0 Å². The number of rotatable bonds is 13. The van der Waals surface area contributed by atoms with Gasteiger partial charge in [0.2, 0.25) is 10.0 Å². The molecule has 0 aliphatic rings. The molecule has 3 aromatic rings. The minimum absolute atomic E-state index is 0.407. The van der Waals surface area contributed by atoms with Crippen molar-refractivity contribution < 1.29 is 17.9 Å². The third-order valence-corrected chi connectivity index (χ3v) is 8.00. The lowest BCUT2D eigenvalue weighted by atomic mass is 9.88. The number of likely N-dealkylation sites (N-methyl/N-ethyl adjacent to an activating group) is 1. The molecule has 0 aliphatic carbocycles. The van der Waals surface area contributed by atoms with Crippen molar-refractivity contribution in [1.29, 1.82) is 0 Å². The van der Waals surface area contributed by atoms with Gasteiger partial charge in [-0.05, 0) is 83.7 Å². The van der Waals surface area contributed by atoms with Gasteiger partial charge in [0, 0.05) is 13.1 Å². The fourth-order valence-corrected chi connectivity index (χ4v) is 5.58. The van der Waals surface area contributed by atoms with Gasteiger partial charge in [-0.1, -0.05) is 57.2 Å². The maximum absolute atomic E-state index is 12.7. The van der Waals surface area contributed by atoms with Crippen LogP contribution in [0.5, 0.6) is 11.5 Å². The van der Waals surface area contributed by atoms with Crippen LogP contribution in [0.4, 0.5) is 5.69 Å². The van der Waals surface area contributed by atoms with Gasteiger partial charge < -0.3 is 14.4 Å². The van der Waals surface area contributed by atoms with Gasteiger partial charge >= 0.3 is 0 Å². The minimum Gasteiger partial charge on any atom is -0.497 e. The summed E-state index contributed by atoms with van der Waals surface area (Å²) in [6, 6.07) is 24.0. The molecule has 0 unspecified atom stereocenters. The van der Waals surface area contributed by atoms with Crippen LogP contribution in [0, 0.1) is 0 Å². The summed E-state index contributed by atoms with van der Waals surface area (Å²) in [6.45, 7) is 9.17. The topological polar surface area (TPSA) is 59.1 Å². The van der Waals surface area contributed by atoms with E-state index in [0.29, 0.717) is 18.8 Å². The first-order valence-electron chi connectivity index (χ1n) is 13.1. The van der Waals surface area contributed by atoms with Crippen LogP contribution in [0.3, 0.4) is 0 Å². The number of benzene rings is 3. The standard InChI is InChI=1S/C31H40N2O4S/c1-7-30(24-15-19-28(36-4)20-16-24)31(26-11-10-12-29(23-26)37-5)25-13-17-27(18-14-25)33(38(6,34)35)22-21-32(8-2)9-3/h10-20,23H,7-9,21-22H2,1-6H3. The first kappa shape index (κ1) is 29.3. The van der Waals surface area contributed by atoms with E-state index in [-0.39, 0.29) is 0 Å². The monoisotopic (exact) mass is 536 g/mol. The van der Waals surface area contributed by atoms with Gasteiger partial charge in [-0.3, -0.25) is 4.31 Å². The van der Waals surface area contributed by atoms with E-state index in [1.54, 1.807) is 14.2 Å². The van der Waals surface area contributed by atoms with Crippen molar-refractivity contribution in [2.75, 3.05) is 51.0 Å². The molecular weight excluding hydrogens is 496 g/mol. The van der Waals surface area contributed by atoms with Crippen LogP contribution in [0.1, 0.15) is 43.9 Å². The van der Waals surface area contributed by atoms with Gasteiger partial charge in [0.15, 0.2) is 0 Å². The molecule has 0 spiro atoms. The van der Waals surface area contributed by atoms with Gasteiger partial charge in [-0.25, -0.2) is 8.42 Å². The molecule has 0 bridgehead atoms. The highest BCUT2D eigenvalue weighted by Crippen LogP contribution is 2.37. The van der Waals surface area contributed by atoms with E-state index in [4.69, 9.17) is 9.47 Å². The second kappa shape index (κ2) is 13.5. The molecule has 38 heavy (non-hydrogen) atoms. The maximum atomic E-state index is 12.7. The molecule has 3 aromatic carbocycles. The summed E-state index contributed by atoms with van der Waals surface area (Å²) in [7, 11) is -0.0992. The van der Waals surface area contributed by atoms with Crippen molar-refractivity contribution in [3.8, 4) is 11.5 Å². The lowest BCUT2D eigenvalue weighted by molar-refractivity contribution is 0.313. The molecule has 0 atom stereocenters. The highest BCUT2D eigenvalue weighted by atomic mass is 32.2. The second-order valence-corrected chi connectivity index (χ2v) is 11.0. The largest absolute Gasteiger partial charge is 0.497 e. The highest BCUT2D eigenvalue weighted by molar-refractivity contribution is 7.92. The molecule has 0 fully saturated rings. The second-order valence-electron chi connectivity index (χ2n) is 9.08. The van der Waals surface area contributed by atoms with E-state index in [1.807, 2.05) is 54.6 Å². The normalized spacial score (nSPS) is 12.3. The van der Waals surface area contributed by atoms with Crippen LogP contribution in [-0.4, -0.2) is 60.0 Å². The number of sulfonamides is 1. The lowest BCUT2D eigenvalue weighted by Crippen LogP contribution is -2.38. The predicted octanol–water partition coefficient (Wildman–Crippen LogP) is 6.18. The van der Waals surface area contributed by atoms with Gasteiger partial charge in [0.05, 0.1) is 26.2 Å². The summed E-state index contributed by atoms with van der Waals surface area (Å²) in [5.74, 6) is 1.59. The van der Waals surface area contributed by atoms with E-state index in [2.05, 4.69) is 43.9 Å². The average molecular weight is 537 g/mol. The Morgan fingerprint density at radius 1 is 0.737 bits per heavy atom. The van der Waals surface area contributed by atoms with Crippen LogP contribution in [0.25, 0.3) is 11.1 Å². The quantitative estimate of drug-likeness (QED) is 0.244. The number of hydrogen-bond acceptors (Lipinski definition) is 5. The third kappa shape index (κ3) is 7.17. The molecule has 7 heteroatoms.